The first-order valence-corrected chi connectivity index (χ1v) is 4.87. The maximum absolute atomic E-state index is 10.8. The van der Waals surface area contributed by atoms with E-state index in [0.29, 0.717) is 0 Å². The molecular formula is C13H12O2. The molecule has 0 saturated carbocycles. The smallest absolute Gasteiger partial charge is 0.167 e. The number of carbonyl (C=O) groups is 1. The highest BCUT2D eigenvalue weighted by atomic mass is 16.5. The topological polar surface area (TPSA) is 26.3 Å². The average molecular weight is 200 g/mol. The van der Waals surface area contributed by atoms with Crippen molar-refractivity contribution in [3.05, 3.63) is 42.5 Å². The minimum Gasteiger partial charge on any atom is -0.486 e. The number of ether oxygens (including phenoxy) is 1. The van der Waals surface area contributed by atoms with Crippen molar-refractivity contribution in [2.75, 3.05) is 6.61 Å². The van der Waals surface area contributed by atoms with Crippen molar-refractivity contribution in [1.82, 2.24) is 0 Å². The molecule has 0 spiro atoms. The molecule has 0 heterocycles. The van der Waals surface area contributed by atoms with Crippen molar-refractivity contribution in [2.45, 2.75) is 6.92 Å². The lowest BCUT2D eigenvalue weighted by molar-refractivity contribution is -0.118. The van der Waals surface area contributed by atoms with E-state index in [9.17, 15) is 4.79 Å². The van der Waals surface area contributed by atoms with Gasteiger partial charge >= 0.3 is 0 Å². The maximum atomic E-state index is 10.8. The van der Waals surface area contributed by atoms with Crippen LogP contribution in [0.1, 0.15) is 6.92 Å². The Kier molecular flexibility index (Phi) is 2.68. The summed E-state index contributed by atoms with van der Waals surface area (Å²) in [5, 5.41) is 2.30. The first-order valence-electron chi connectivity index (χ1n) is 4.87. The minimum atomic E-state index is 0.0307. The first-order chi connectivity index (χ1) is 7.25. The molecule has 0 saturated heterocycles. The number of hydrogen-bond donors (Lipinski definition) is 0. The third-order valence-electron chi connectivity index (χ3n) is 2.16. The quantitative estimate of drug-likeness (QED) is 0.761. The highest BCUT2D eigenvalue weighted by Crippen LogP contribution is 2.20. The SMILES string of the molecule is CC(=O)COc1ccc2ccccc2c1. The molecule has 2 rings (SSSR count). The fourth-order valence-electron chi connectivity index (χ4n) is 1.44. The highest BCUT2D eigenvalue weighted by Gasteiger charge is 1.98. The summed E-state index contributed by atoms with van der Waals surface area (Å²) in [6.45, 7) is 1.65. The van der Waals surface area contributed by atoms with E-state index in [1.165, 1.54) is 12.3 Å². The van der Waals surface area contributed by atoms with Gasteiger partial charge in [-0.05, 0) is 29.8 Å². The predicted octanol–water partition coefficient (Wildman–Crippen LogP) is 2.81. The Hall–Kier alpha value is -1.83. The summed E-state index contributed by atoms with van der Waals surface area (Å²) < 4.78 is 5.33. The van der Waals surface area contributed by atoms with Crippen LogP contribution in [0, 0.1) is 0 Å². The number of benzene rings is 2. The number of rotatable bonds is 3. The lowest BCUT2D eigenvalue weighted by Gasteiger charge is -2.04. The van der Waals surface area contributed by atoms with Crippen LogP contribution >= 0.6 is 0 Å². The van der Waals surface area contributed by atoms with Gasteiger partial charge in [0.15, 0.2) is 5.78 Å². The number of fused-ring (bicyclic) bond motifs is 1. The van der Waals surface area contributed by atoms with Crippen LogP contribution in [0.3, 0.4) is 0 Å². The summed E-state index contributed by atoms with van der Waals surface area (Å²) in [4.78, 5) is 10.8. The Balaban J connectivity index is 2.26. The molecule has 2 aromatic rings. The molecule has 0 atom stereocenters. The highest BCUT2D eigenvalue weighted by molar-refractivity contribution is 5.84. The first kappa shape index (κ1) is 9.71. The van der Waals surface area contributed by atoms with Crippen LogP contribution in [0.15, 0.2) is 42.5 Å². The molecule has 0 bridgehead atoms. The molecule has 0 fully saturated rings. The van der Waals surface area contributed by atoms with E-state index in [-0.39, 0.29) is 12.4 Å². The molecule has 0 amide bonds. The predicted molar refractivity (Wildman–Crippen MR) is 60.1 cm³/mol. The second kappa shape index (κ2) is 4.13. The zero-order valence-electron chi connectivity index (χ0n) is 8.57. The van der Waals surface area contributed by atoms with Crippen molar-refractivity contribution in [3.63, 3.8) is 0 Å². The van der Waals surface area contributed by atoms with Gasteiger partial charge in [0, 0.05) is 0 Å². The Morgan fingerprint density at radius 1 is 1.13 bits per heavy atom. The van der Waals surface area contributed by atoms with Gasteiger partial charge in [0.2, 0.25) is 0 Å². The van der Waals surface area contributed by atoms with E-state index in [1.54, 1.807) is 0 Å². The molecule has 0 aliphatic heterocycles. The number of carbonyl (C=O) groups excluding carboxylic acids is 1. The third-order valence-corrected chi connectivity index (χ3v) is 2.16. The molecule has 15 heavy (non-hydrogen) atoms. The summed E-state index contributed by atoms with van der Waals surface area (Å²) in [5.74, 6) is 0.770. The number of ketones is 1. The van der Waals surface area contributed by atoms with Gasteiger partial charge in [0.1, 0.15) is 12.4 Å². The largest absolute Gasteiger partial charge is 0.486 e. The second-order valence-corrected chi connectivity index (χ2v) is 3.50. The Morgan fingerprint density at radius 3 is 2.60 bits per heavy atom. The lowest BCUT2D eigenvalue weighted by Crippen LogP contribution is -2.06. The summed E-state index contributed by atoms with van der Waals surface area (Å²) in [5.41, 5.74) is 0. The van der Waals surface area contributed by atoms with Crippen LogP contribution in [-0.4, -0.2) is 12.4 Å². The minimum absolute atomic E-state index is 0.0307. The van der Waals surface area contributed by atoms with Gasteiger partial charge in [-0.3, -0.25) is 4.79 Å². The van der Waals surface area contributed by atoms with Crippen LogP contribution in [-0.2, 0) is 4.79 Å². The van der Waals surface area contributed by atoms with Crippen molar-refractivity contribution < 1.29 is 9.53 Å². The van der Waals surface area contributed by atoms with Crippen LogP contribution in [0.2, 0.25) is 0 Å². The van der Waals surface area contributed by atoms with E-state index in [1.807, 2.05) is 42.5 Å². The molecule has 0 aliphatic carbocycles. The fraction of sp³-hybridized carbons (Fsp3) is 0.154. The van der Waals surface area contributed by atoms with Gasteiger partial charge in [-0.25, -0.2) is 0 Å². The average Bonchev–Trinajstić information content (AvgIpc) is 2.26. The molecule has 0 aromatic heterocycles. The van der Waals surface area contributed by atoms with Gasteiger partial charge < -0.3 is 4.74 Å². The van der Waals surface area contributed by atoms with E-state index >= 15 is 0 Å². The van der Waals surface area contributed by atoms with E-state index in [2.05, 4.69) is 0 Å². The van der Waals surface area contributed by atoms with Gasteiger partial charge in [0.25, 0.3) is 0 Å². The summed E-state index contributed by atoms with van der Waals surface area (Å²) in [7, 11) is 0. The molecule has 2 aromatic carbocycles. The van der Waals surface area contributed by atoms with Crippen molar-refractivity contribution in [2.24, 2.45) is 0 Å². The Bertz CT molecular complexity index is 489. The zero-order chi connectivity index (χ0) is 10.7. The monoisotopic (exact) mass is 200 g/mol. The molecule has 2 nitrogen and oxygen atoms in total. The van der Waals surface area contributed by atoms with Crippen molar-refractivity contribution in [3.8, 4) is 5.75 Å². The Labute approximate surface area is 88.5 Å². The molecule has 0 N–H and O–H groups in total. The van der Waals surface area contributed by atoms with Gasteiger partial charge in [-0.1, -0.05) is 30.3 Å². The summed E-state index contributed by atoms with van der Waals surface area (Å²) >= 11 is 0. The summed E-state index contributed by atoms with van der Waals surface area (Å²) in [6, 6.07) is 13.9. The van der Waals surface area contributed by atoms with E-state index in [4.69, 9.17) is 4.74 Å². The third kappa shape index (κ3) is 2.34. The molecule has 76 valence electrons. The second-order valence-electron chi connectivity index (χ2n) is 3.50. The Morgan fingerprint density at radius 2 is 1.87 bits per heavy atom. The van der Waals surface area contributed by atoms with Gasteiger partial charge in [-0.15, -0.1) is 0 Å². The van der Waals surface area contributed by atoms with E-state index < -0.39 is 0 Å². The van der Waals surface area contributed by atoms with Crippen molar-refractivity contribution >= 4 is 16.6 Å². The summed E-state index contributed by atoms with van der Waals surface area (Å²) in [6.07, 6.45) is 0. The molecule has 0 unspecified atom stereocenters. The maximum Gasteiger partial charge on any atom is 0.167 e. The van der Waals surface area contributed by atoms with Gasteiger partial charge in [-0.2, -0.15) is 0 Å². The zero-order valence-corrected chi connectivity index (χ0v) is 8.57. The van der Waals surface area contributed by atoms with E-state index in [0.717, 1.165) is 11.1 Å². The molecule has 0 radical (unpaired) electrons. The van der Waals surface area contributed by atoms with Crippen LogP contribution in [0.25, 0.3) is 10.8 Å². The molecule has 2 heteroatoms. The van der Waals surface area contributed by atoms with Crippen LogP contribution in [0.5, 0.6) is 5.75 Å². The molecule has 0 aliphatic rings. The van der Waals surface area contributed by atoms with Crippen LogP contribution < -0.4 is 4.74 Å². The van der Waals surface area contributed by atoms with Crippen LogP contribution in [0.4, 0.5) is 0 Å². The normalized spacial score (nSPS) is 10.2. The number of Topliss-reactive ketones (excluding diaryl/α,β-unsaturated/α-hetero) is 1. The van der Waals surface area contributed by atoms with Crippen molar-refractivity contribution in [1.29, 1.82) is 0 Å². The fourth-order valence-corrected chi connectivity index (χ4v) is 1.44. The van der Waals surface area contributed by atoms with Gasteiger partial charge in [0.05, 0.1) is 0 Å². The lowest BCUT2D eigenvalue weighted by atomic mass is 10.1. The standard InChI is InChI=1S/C13H12O2/c1-10(14)9-15-13-7-6-11-4-2-3-5-12(11)8-13/h2-8H,9H2,1H3. The number of hydrogen-bond acceptors (Lipinski definition) is 2. The molecular weight excluding hydrogens is 188 g/mol.